The number of nitrogens with one attached hydrogen (secondary N) is 1. The number of hydrogen-bond acceptors (Lipinski definition) is 2. The Bertz CT molecular complexity index is 159. The first-order valence-electron chi connectivity index (χ1n) is 4.66. The third kappa shape index (κ3) is 2.48. The highest BCUT2D eigenvalue weighted by Crippen LogP contribution is 2.24. The van der Waals surface area contributed by atoms with Gasteiger partial charge in [-0.3, -0.25) is 4.79 Å². The lowest BCUT2D eigenvalue weighted by Gasteiger charge is -2.30. The van der Waals surface area contributed by atoms with Crippen LogP contribution in [0.25, 0.3) is 0 Å². The normalized spacial score (nSPS) is 30.1. The predicted octanol–water partition coefficient (Wildman–Crippen LogP) is 1.10. The third-order valence-electron chi connectivity index (χ3n) is 2.73. The maximum absolute atomic E-state index is 10.5. The minimum atomic E-state index is -0.652. The Morgan fingerprint density at radius 3 is 2.92 bits per heavy atom. The topological polar surface area (TPSA) is 49.3 Å². The molecular weight excluding hydrogens is 154 g/mol. The fourth-order valence-electron chi connectivity index (χ4n) is 1.95. The average Bonchev–Trinajstić information content (AvgIpc) is 2.04. The summed E-state index contributed by atoms with van der Waals surface area (Å²) in [4.78, 5) is 10.5. The van der Waals surface area contributed by atoms with E-state index in [1.807, 2.05) is 0 Å². The largest absolute Gasteiger partial charge is 0.481 e. The van der Waals surface area contributed by atoms with Gasteiger partial charge >= 0.3 is 5.97 Å². The van der Waals surface area contributed by atoms with Crippen LogP contribution in [-0.2, 0) is 4.79 Å². The summed E-state index contributed by atoms with van der Waals surface area (Å²) < 4.78 is 0. The van der Waals surface area contributed by atoms with E-state index in [1.54, 1.807) is 0 Å². The second-order valence-electron chi connectivity index (χ2n) is 3.52. The Kier molecular flexibility index (Phi) is 3.53. The van der Waals surface area contributed by atoms with Crippen LogP contribution in [0.3, 0.4) is 0 Å². The summed E-state index contributed by atoms with van der Waals surface area (Å²) in [6, 6.07) is 0. The zero-order valence-electron chi connectivity index (χ0n) is 7.55. The molecule has 0 radical (unpaired) electrons. The molecule has 2 atom stereocenters. The van der Waals surface area contributed by atoms with Crippen LogP contribution in [0.5, 0.6) is 0 Å². The third-order valence-corrected chi connectivity index (χ3v) is 2.73. The van der Waals surface area contributed by atoms with Crippen molar-refractivity contribution in [2.75, 3.05) is 13.1 Å². The van der Waals surface area contributed by atoms with Gasteiger partial charge < -0.3 is 10.4 Å². The lowest BCUT2D eigenvalue weighted by atomic mass is 9.82. The van der Waals surface area contributed by atoms with E-state index in [0.29, 0.717) is 18.3 Å². The van der Waals surface area contributed by atoms with E-state index in [2.05, 4.69) is 12.2 Å². The van der Waals surface area contributed by atoms with Crippen molar-refractivity contribution in [3.63, 3.8) is 0 Å². The molecular formula is C9H17NO2. The van der Waals surface area contributed by atoms with Gasteiger partial charge in [0, 0.05) is 6.42 Å². The molecule has 0 aromatic carbocycles. The van der Waals surface area contributed by atoms with E-state index in [1.165, 1.54) is 0 Å². The molecule has 1 saturated heterocycles. The van der Waals surface area contributed by atoms with Crippen LogP contribution >= 0.6 is 0 Å². The van der Waals surface area contributed by atoms with Crippen LogP contribution in [-0.4, -0.2) is 24.2 Å². The molecule has 12 heavy (non-hydrogen) atoms. The number of carbonyl (C=O) groups is 1. The van der Waals surface area contributed by atoms with Crippen LogP contribution in [0.1, 0.15) is 26.2 Å². The number of hydrogen-bond donors (Lipinski definition) is 2. The van der Waals surface area contributed by atoms with Gasteiger partial charge in [-0.05, 0) is 31.3 Å². The summed E-state index contributed by atoms with van der Waals surface area (Å²) >= 11 is 0. The smallest absolute Gasteiger partial charge is 0.303 e. The van der Waals surface area contributed by atoms with Crippen molar-refractivity contribution in [1.29, 1.82) is 0 Å². The summed E-state index contributed by atoms with van der Waals surface area (Å²) in [6.07, 6.45) is 2.45. The second kappa shape index (κ2) is 4.45. The fourth-order valence-corrected chi connectivity index (χ4v) is 1.95. The number of carboxylic acid groups (broad SMARTS) is 1. The van der Waals surface area contributed by atoms with Gasteiger partial charge in [0.15, 0.2) is 0 Å². The molecule has 0 unspecified atom stereocenters. The minimum absolute atomic E-state index is 0.347. The Morgan fingerprint density at radius 2 is 2.33 bits per heavy atom. The van der Waals surface area contributed by atoms with Crippen molar-refractivity contribution in [2.24, 2.45) is 11.8 Å². The summed E-state index contributed by atoms with van der Waals surface area (Å²) in [5.41, 5.74) is 0. The van der Waals surface area contributed by atoms with Gasteiger partial charge in [-0.1, -0.05) is 13.3 Å². The SMILES string of the molecule is CC[C@H]1CNCC[C@H]1CC(=O)O. The molecule has 0 aromatic rings. The van der Waals surface area contributed by atoms with Crippen LogP contribution in [0.4, 0.5) is 0 Å². The van der Waals surface area contributed by atoms with Crippen molar-refractivity contribution in [3.05, 3.63) is 0 Å². The highest BCUT2D eigenvalue weighted by molar-refractivity contribution is 5.67. The van der Waals surface area contributed by atoms with E-state index in [-0.39, 0.29) is 0 Å². The summed E-state index contributed by atoms with van der Waals surface area (Å²) in [5.74, 6) is 0.309. The number of piperidine rings is 1. The minimum Gasteiger partial charge on any atom is -0.481 e. The Labute approximate surface area is 73.2 Å². The molecule has 1 fully saturated rings. The molecule has 2 N–H and O–H groups in total. The molecule has 0 spiro atoms. The molecule has 70 valence electrons. The lowest BCUT2D eigenvalue weighted by Crippen LogP contribution is -2.37. The standard InChI is InChI=1S/C9H17NO2/c1-2-7-6-10-4-3-8(7)5-9(11)12/h7-8,10H,2-6H2,1H3,(H,11,12)/t7-,8-/m0/s1. The first-order valence-corrected chi connectivity index (χ1v) is 4.66. The average molecular weight is 171 g/mol. The molecule has 0 amide bonds. The van der Waals surface area contributed by atoms with Crippen molar-refractivity contribution in [1.82, 2.24) is 5.32 Å². The predicted molar refractivity (Wildman–Crippen MR) is 47.0 cm³/mol. The van der Waals surface area contributed by atoms with Gasteiger partial charge in [-0.25, -0.2) is 0 Å². The summed E-state index contributed by atoms with van der Waals surface area (Å²) in [7, 11) is 0. The molecule has 0 saturated carbocycles. The summed E-state index contributed by atoms with van der Waals surface area (Å²) in [6.45, 7) is 4.11. The Balaban J connectivity index is 2.41. The fraction of sp³-hybridized carbons (Fsp3) is 0.889. The van der Waals surface area contributed by atoms with E-state index in [0.717, 1.165) is 25.9 Å². The van der Waals surface area contributed by atoms with Crippen molar-refractivity contribution in [3.8, 4) is 0 Å². The first-order chi connectivity index (χ1) is 5.74. The van der Waals surface area contributed by atoms with Crippen molar-refractivity contribution >= 4 is 5.97 Å². The van der Waals surface area contributed by atoms with E-state index >= 15 is 0 Å². The number of rotatable bonds is 3. The zero-order chi connectivity index (χ0) is 8.97. The lowest BCUT2D eigenvalue weighted by molar-refractivity contribution is -0.138. The monoisotopic (exact) mass is 171 g/mol. The highest BCUT2D eigenvalue weighted by atomic mass is 16.4. The van der Waals surface area contributed by atoms with Crippen molar-refractivity contribution in [2.45, 2.75) is 26.2 Å². The van der Waals surface area contributed by atoms with Crippen molar-refractivity contribution < 1.29 is 9.90 Å². The van der Waals surface area contributed by atoms with E-state index in [4.69, 9.17) is 5.11 Å². The molecule has 0 aromatic heterocycles. The van der Waals surface area contributed by atoms with Gasteiger partial charge in [-0.15, -0.1) is 0 Å². The van der Waals surface area contributed by atoms with Crippen LogP contribution in [0.2, 0.25) is 0 Å². The molecule has 3 heteroatoms. The zero-order valence-corrected chi connectivity index (χ0v) is 7.55. The summed E-state index contributed by atoms with van der Waals surface area (Å²) in [5, 5.41) is 12.0. The van der Waals surface area contributed by atoms with Crippen LogP contribution < -0.4 is 5.32 Å². The second-order valence-corrected chi connectivity index (χ2v) is 3.52. The Morgan fingerprint density at radius 1 is 1.58 bits per heavy atom. The molecule has 3 nitrogen and oxygen atoms in total. The molecule has 1 heterocycles. The van der Waals surface area contributed by atoms with E-state index in [9.17, 15) is 4.79 Å². The Hall–Kier alpha value is -0.570. The maximum Gasteiger partial charge on any atom is 0.303 e. The van der Waals surface area contributed by atoms with Gasteiger partial charge in [0.1, 0.15) is 0 Å². The molecule has 0 aliphatic carbocycles. The quantitative estimate of drug-likeness (QED) is 0.668. The molecule has 1 aliphatic rings. The van der Waals surface area contributed by atoms with Gasteiger partial charge in [0.25, 0.3) is 0 Å². The van der Waals surface area contributed by atoms with Gasteiger partial charge in [0.05, 0.1) is 0 Å². The number of aliphatic carboxylic acids is 1. The molecule has 1 aliphatic heterocycles. The van der Waals surface area contributed by atoms with Gasteiger partial charge in [-0.2, -0.15) is 0 Å². The maximum atomic E-state index is 10.5. The van der Waals surface area contributed by atoms with Crippen LogP contribution in [0, 0.1) is 11.8 Å². The number of carboxylic acids is 1. The van der Waals surface area contributed by atoms with E-state index < -0.39 is 5.97 Å². The molecule has 1 rings (SSSR count). The highest BCUT2D eigenvalue weighted by Gasteiger charge is 2.25. The van der Waals surface area contributed by atoms with Crippen LogP contribution in [0.15, 0.2) is 0 Å². The van der Waals surface area contributed by atoms with Gasteiger partial charge in [0.2, 0.25) is 0 Å². The first kappa shape index (κ1) is 9.52. The molecule has 0 bridgehead atoms.